The summed E-state index contributed by atoms with van der Waals surface area (Å²) in [6, 6.07) is 12.4. The Morgan fingerprint density at radius 3 is 2.84 bits per heavy atom. The van der Waals surface area contributed by atoms with Gasteiger partial charge in [0.25, 0.3) is 0 Å². The van der Waals surface area contributed by atoms with Gasteiger partial charge in [-0.05, 0) is 60.2 Å². The molecular formula is C25H25N5O. The minimum atomic E-state index is 0.142. The maximum Gasteiger partial charge on any atom is 0.231 e. The average Bonchev–Trinajstić information content (AvgIpc) is 3.33. The summed E-state index contributed by atoms with van der Waals surface area (Å²) in [5, 5.41) is 0.866. The number of aromatic nitrogens is 3. The van der Waals surface area contributed by atoms with E-state index in [1.165, 1.54) is 23.0 Å². The Morgan fingerprint density at radius 2 is 2.00 bits per heavy atom. The summed E-state index contributed by atoms with van der Waals surface area (Å²) in [5.41, 5.74) is 14.7. The van der Waals surface area contributed by atoms with Crippen molar-refractivity contribution in [3.8, 4) is 11.1 Å². The molecule has 1 amide bonds. The van der Waals surface area contributed by atoms with E-state index in [2.05, 4.69) is 48.1 Å². The number of anilines is 2. The fraction of sp³-hybridized carbons (Fsp3) is 0.240. The molecule has 0 unspecified atom stereocenters. The van der Waals surface area contributed by atoms with E-state index in [0.29, 0.717) is 18.8 Å². The smallest absolute Gasteiger partial charge is 0.231 e. The van der Waals surface area contributed by atoms with Gasteiger partial charge in [0.2, 0.25) is 5.91 Å². The minimum absolute atomic E-state index is 0.142. The van der Waals surface area contributed by atoms with E-state index in [1.54, 1.807) is 0 Å². The van der Waals surface area contributed by atoms with E-state index >= 15 is 0 Å². The molecule has 6 heteroatoms. The van der Waals surface area contributed by atoms with Crippen molar-refractivity contribution in [3.63, 3.8) is 0 Å². The molecule has 2 aromatic heterocycles. The average molecular weight is 412 g/mol. The molecule has 1 aliphatic rings. The van der Waals surface area contributed by atoms with E-state index in [4.69, 9.17) is 5.73 Å². The van der Waals surface area contributed by atoms with E-state index in [1.807, 2.05) is 34.8 Å². The van der Waals surface area contributed by atoms with Crippen molar-refractivity contribution >= 4 is 28.4 Å². The van der Waals surface area contributed by atoms with Gasteiger partial charge in [0.15, 0.2) is 0 Å². The van der Waals surface area contributed by atoms with Gasteiger partial charge in [0.1, 0.15) is 17.8 Å². The summed E-state index contributed by atoms with van der Waals surface area (Å²) in [7, 11) is 1.96. The number of aryl methyl sites for hydroxylation is 2. The summed E-state index contributed by atoms with van der Waals surface area (Å²) in [6.07, 6.45) is 4.80. The predicted molar refractivity (Wildman–Crippen MR) is 124 cm³/mol. The van der Waals surface area contributed by atoms with Gasteiger partial charge in [-0.2, -0.15) is 0 Å². The molecule has 31 heavy (non-hydrogen) atoms. The lowest BCUT2D eigenvalue weighted by Crippen LogP contribution is -2.30. The molecule has 0 atom stereocenters. The Morgan fingerprint density at radius 1 is 1.16 bits per heavy atom. The third-order valence-corrected chi connectivity index (χ3v) is 6.43. The van der Waals surface area contributed by atoms with E-state index in [-0.39, 0.29) is 5.91 Å². The lowest BCUT2D eigenvalue weighted by Gasteiger charge is -2.19. The fourth-order valence-corrected chi connectivity index (χ4v) is 4.54. The van der Waals surface area contributed by atoms with Crippen LogP contribution in [0.15, 0.2) is 48.9 Å². The maximum atomic E-state index is 13.1. The standard InChI is InChI=1S/C25H25N5O/c1-15-5-4-6-17(16(15)2)12-22(31)30-10-9-19-11-18(7-8-21(19)30)20-13-29(3)25-23(20)24(26)27-14-28-25/h4-8,11,13-14H,9-10,12H2,1-3H3,(H2,26,27,28). The number of amides is 1. The maximum absolute atomic E-state index is 13.1. The highest BCUT2D eigenvalue weighted by molar-refractivity contribution is 6.02. The zero-order valence-corrected chi connectivity index (χ0v) is 18.0. The molecule has 0 radical (unpaired) electrons. The van der Waals surface area contributed by atoms with Crippen molar-refractivity contribution in [1.82, 2.24) is 14.5 Å². The van der Waals surface area contributed by atoms with E-state index in [0.717, 1.165) is 39.8 Å². The molecule has 0 bridgehead atoms. The molecule has 2 aromatic carbocycles. The van der Waals surface area contributed by atoms with Crippen LogP contribution in [-0.4, -0.2) is 27.0 Å². The molecular weight excluding hydrogens is 386 g/mol. The molecule has 0 saturated heterocycles. The molecule has 5 rings (SSSR count). The van der Waals surface area contributed by atoms with Crippen LogP contribution in [0.4, 0.5) is 11.5 Å². The van der Waals surface area contributed by atoms with Gasteiger partial charge >= 0.3 is 0 Å². The van der Waals surface area contributed by atoms with E-state index in [9.17, 15) is 4.79 Å². The Bertz CT molecular complexity index is 1340. The summed E-state index contributed by atoms with van der Waals surface area (Å²) in [6.45, 7) is 4.88. The number of carbonyl (C=O) groups is 1. The van der Waals surface area contributed by atoms with Crippen LogP contribution in [-0.2, 0) is 24.7 Å². The Kier molecular flexibility index (Phi) is 4.50. The van der Waals surface area contributed by atoms with Crippen molar-refractivity contribution in [2.24, 2.45) is 7.05 Å². The lowest BCUT2D eigenvalue weighted by molar-refractivity contribution is -0.117. The molecule has 0 fully saturated rings. The van der Waals surface area contributed by atoms with Gasteiger partial charge < -0.3 is 15.2 Å². The first-order chi connectivity index (χ1) is 14.9. The normalized spacial score (nSPS) is 13.1. The molecule has 0 aliphatic carbocycles. The van der Waals surface area contributed by atoms with Crippen molar-refractivity contribution < 1.29 is 4.79 Å². The lowest BCUT2D eigenvalue weighted by atomic mass is 10.0. The summed E-state index contributed by atoms with van der Waals surface area (Å²) >= 11 is 0. The van der Waals surface area contributed by atoms with E-state index < -0.39 is 0 Å². The highest BCUT2D eigenvalue weighted by atomic mass is 16.2. The molecule has 3 heterocycles. The molecule has 0 saturated carbocycles. The Labute approximate surface area is 181 Å². The quantitative estimate of drug-likeness (QED) is 0.553. The third kappa shape index (κ3) is 3.15. The van der Waals surface area contributed by atoms with Gasteiger partial charge in [-0.25, -0.2) is 9.97 Å². The number of nitrogens with zero attached hydrogens (tertiary/aromatic N) is 4. The predicted octanol–water partition coefficient (Wildman–Crippen LogP) is 3.97. The van der Waals surface area contributed by atoms with Crippen LogP contribution in [0, 0.1) is 13.8 Å². The van der Waals surface area contributed by atoms with Crippen molar-refractivity contribution in [2.75, 3.05) is 17.2 Å². The number of fused-ring (bicyclic) bond motifs is 2. The molecule has 6 nitrogen and oxygen atoms in total. The summed E-state index contributed by atoms with van der Waals surface area (Å²) in [5.74, 6) is 0.620. The summed E-state index contributed by atoms with van der Waals surface area (Å²) in [4.78, 5) is 23.6. The number of rotatable bonds is 3. The van der Waals surface area contributed by atoms with Crippen LogP contribution >= 0.6 is 0 Å². The van der Waals surface area contributed by atoms with Gasteiger partial charge in [-0.15, -0.1) is 0 Å². The first-order valence-corrected chi connectivity index (χ1v) is 10.5. The molecule has 156 valence electrons. The number of carbonyl (C=O) groups excluding carboxylic acids is 1. The Hall–Kier alpha value is -3.67. The highest BCUT2D eigenvalue weighted by Crippen LogP contribution is 2.37. The van der Waals surface area contributed by atoms with Crippen molar-refractivity contribution in [2.45, 2.75) is 26.7 Å². The van der Waals surface area contributed by atoms with Crippen LogP contribution in [0.1, 0.15) is 22.3 Å². The molecule has 0 spiro atoms. The van der Waals surface area contributed by atoms with Gasteiger partial charge in [-0.3, -0.25) is 4.79 Å². The van der Waals surface area contributed by atoms with Gasteiger partial charge in [0.05, 0.1) is 11.8 Å². The number of hydrogen-bond acceptors (Lipinski definition) is 4. The molecule has 4 aromatic rings. The first-order valence-electron chi connectivity index (χ1n) is 10.5. The van der Waals surface area contributed by atoms with Crippen LogP contribution in [0.25, 0.3) is 22.2 Å². The zero-order valence-electron chi connectivity index (χ0n) is 18.0. The van der Waals surface area contributed by atoms with Crippen LogP contribution in [0.5, 0.6) is 0 Å². The van der Waals surface area contributed by atoms with Crippen molar-refractivity contribution in [3.05, 3.63) is 71.2 Å². The second-order valence-corrected chi connectivity index (χ2v) is 8.29. The molecule has 2 N–H and O–H groups in total. The molecule has 1 aliphatic heterocycles. The zero-order chi connectivity index (χ0) is 21.7. The second kappa shape index (κ2) is 7.23. The van der Waals surface area contributed by atoms with Crippen LogP contribution < -0.4 is 10.6 Å². The monoisotopic (exact) mass is 411 g/mol. The summed E-state index contributed by atoms with van der Waals surface area (Å²) < 4.78 is 1.97. The number of nitrogen functional groups attached to an aromatic ring is 1. The minimum Gasteiger partial charge on any atom is -0.383 e. The second-order valence-electron chi connectivity index (χ2n) is 8.29. The highest BCUT2D eigenvalue weighted by Gasteiger charge is 2.26. The van der Waals surface area contributed by atoms with Crippen LogP contribution in [0.3, 0.4) is 0 Å². The van der Waals surface area contributed by atoms with Crippen molar-refractivity contribution in [1.29, 1.82) is 0 Å². The number of hydrogen-bond donors (Lipinski definition) is 1. The fourth-order valence-electron chi connectivity index (χ4n) is 4.54. The largest absolute Gasteiger partial charge is 0.383 e. The SMILES string of the molecule is Cc1cccc(CC(=O)N2CCc3cc(-c4cn(C)c5ncnc(N)c45)ccc32)c1C. The van der Waals surface area contributed by atoms with Gasteiger partial charge in [0, 0.05) is 31.0 Å². The Balaban J connectivity index is 1.47. The third-order valence-electron chi connectivity index (χ3n) is 6.43. The topological polar surface area (TPSA) is 77.0 Å². The number of nitrogens with two attached hydrogens (primary N) is 1. The first kappa shape index (κ1) is 19.3. The van der Waals surface area contributed by atoms with Gasteiger partial charge in [-0.1, -0.05) is 24.3 Å². The number of benzene rings is 2. The van der Waals surface area contributed by atoms with Crippen LogP contribution in [0.2, 0.25) is 0 Å².